The van der Waals surface area contributed by atoms with Crippen LogP contribution in [0.2, 0.25) is 0 Å². The summed E-state index contributed by atoms with van der Waals surface area (Å²) in [5.74, 6) is 1.74. The Morgan fingerprint density at radius 2 is 1.94 bits per heavy atom. The molecule has 3 heterocycles. The molecule has 2 saturated heterocycles. The van der Waals surface area contributed by atoms with Crippen LogP contribution >= 0.6 is 11.9 Å². The van der Waals surface area contributed by atoms with E-state index in [9.17, 15) is 19.5 Å². The van der Waals surface area contributed by atoms with Crippen molar-refractivity contribution in [2.45, 2.75) is 79.6 Å². The Labute approximate surface area is 290 Å². The van der Waals surface area contributed by atoms with Gasteiger partial charge in [0.25, 0.3) is 0 Å². The molecule has 2 aliphatic heterocycles. The van der Waals surface area contributed by atoms with E-state index in [4.69, 9.17) is 14.2 Å². The van der Waals surface area contributed by atoms with E-state index in [0.717, 1.165) is 37.7 Å². The maximum atomic E-state index is 11.2. The molecule has 2 fully saturated rings. The summed E-state index contributed by atoms with van der Waals surface area (Å²) >= 11 is 0.760. The van der Waals surface area contributed by atoms with E-state index in [1.165, 1.54) is 24.1 Å². The summed E-state index contributed by atoms with van der Waals surface area (Å²) in [6.07, 6.45) is 8.03. The molecule has 266 valence electrons. The van der Waals surface area contributed by atoms with E-state index in [2.05, 4.69) is 50.1 Å². The predicted octanol–water partition coefficient (Wildman–Crippen LogP) is 6.60. The van der Waals surface area contributed by atoms with Crippen LogP contribution in [0.15, 0.2) is 76.8 Å². The van der Waals surface area contributed by atoms with E-state index >= 15 is 0 Å². The van der Waals surface area contributed by atoms with Crippen LogP contribution < -0.4 is 10.5 Å². The second-order valence-electron chi connectivity index (χ2n) is 11.5. The quantitative estimate of drug-likeness (QED) is 0.148. The molecule has 11 nitrogen and oxygen atoms in total. The zero-order chi connectivity index (χ0) is 35.6. The molecule has 48 heavy (non-hydrogen) atoms. The number of anilines is 1. The van der Waals surface area contributed by atoms with Crippen LogP contribution in [0.1, 0.15) is 59.9 Å². The zero-order valence-electron chi connectivity index (χ0n) is 29.8. The molecule has 2 unspecified atom stereocenters. The molecular weight excluding hydrogens is 632 g/mol. The highest BCUT2D eigenvalue weighted by atomic mass is 32.2. The van der Waals surface area contributed by atoms with E-state index < -0.39 is 5.30 Å². The minimum atomic E-state index is -0.971. The lowest BCUT2D eigenvalue weighted by Crippen LogP contribution is -2.36. The number of aromatic nitrogens is 1. The van der Waals surface area contributed by atoms with Gasteiger partial charge in [0, 0.05) is 62.6 Å². The Morgan fingerprint density at radius 1 is 1.19 bits per heavy atom. The van der Waals surface area contributed by atoms with E-state index in [1.54, 1.807) is 36.9 Å². The van der Waals surface area contributed by atoms with Gasteiger partial charge in [-0.3, -0.25) is 9.69 Å². The highest BCUT2D eigenvalue weighted by Gasteiger charge is 2.41. The van der Waals surface area contributed by atoms with Gasteiger partial charge in [-0.15, -0.1) is 0 Å². The Bertz CT molecular complexity index is 1410. The number of aldehydes is 1. The maximum Gasteiger partial charge on any atom is 0.380 e. The number of allylic oxidation sites excluding steroid dienone is 1. The van der Waals surface area contributed by atoms with Crippen LogP contribution in [0.25, 0.3) is 0 Å². The first kappa shape index (κ1) is 40.4. The average Bonchev–Trinajstić information content (AvgIpc) is 3.67. The average molecular weight is 687 g/mol. The summed E-state index contributed by atoms with van der Waals surface area (Å²) in [7, 11) is 3.73. The number of benzene rings is 1. The maximum absolute atomic E-state index is 11.2. The monoisotopic (exact) mass is 686 g/mol. The Morgan fingerprint density at radius 3 is 2.52 bits per heavy atom. The van der Waals surface area contributed by atoms with Gasteiger partial charge < -0.3 is 33.6 Å². The summed E-state index contributed by atoms with van der Waals surface area (Å²) in [6.45, 7) is 14.9. The third-order valence-electron chi connectivity index (χ3n) is 8.27. The molecule has 0 saturated carbocycles. The number of hydrogen-bond acceptors (Lipinski definition) is 10. The van der Waals surface area contributed by atoms with E-state index in [1.807, 2.05) is 42.1 Å². The van der Waals surface area contributed by atoms with Gasteiger partial charge in [-0.1, -0.05) is 45.4 Å². The standard InChI is InChI=1S/C16H24N2O6S.C13H21N.C7H9NO/c1-10(7-14-15(11(2)22-4)24-9-23-14)13-8-17(5-6-19)12(3)18(13)25-16(20)21;1-4-6-10-14(3)13-9-7-8-12(5-2)11-13;1-2-8-6-4-3-5-7(8)9/h6-7,10,12-13H,5,8-9H2,1-4H3,(H,20,21);7-9,11H,4-6,10H2,1-3H3;3-6H,2H2,1H3/b14-7+,15-11-;;/t10?,12-,13?;;/m1../s1. The summed E-state index contributed by atoms with van der Waals surface area (Å²) in [6, 6.07) is 13.9. The molecule has 1 aromatic carbocycles. The Hall–Kier alpha value is -3.74. The number of pyridine rings is 1. The van der Waals surface area contributed by atoms with Crippen LogP contribution in [0.5, 0.6) is 0 Å². The molecule has 2 aliphatic rings. The molecule has 2 aromatic rings. The number of methoxy groups -OCH3 is 1. The smallest absolute Gasteiger partial charge is 0.380 e. The molecule has 1 N–H and O–H groups in total. The van der Waals surface area contributed by atoms with Crippen molar-refractivity contribution < 1.29 is 28.9 Å². The second-order valence-corrected chi connectivity index (χ2v) is 12.5. The summed E-state index contributed by atoms with van der Waals surface area (Å²) in [5.41, 5.74) is 2.84. The number of rotatable bonds is 12. The number of carboxylic acid groups (broad SMARTS) is 1. The molecule has 3 atom stereocenters. The van der Waals surface area contributed by atoms with Crippen LogP contribution in [0.4, 0.5) is 10.5 Å². The van der Waals surface area contributed by atoms with Crippen molar-refractivity contribution in [3.8, 4) is 0 Å². The fourth-order valence-corrected chi connectivity index (χ4v) is 6.12. The summed E-state index contributed by atoms with van der Waals surface area (Å²) in [5, 5.41) is 8.22. The number of unbranched alkanes of at least 4 members (excludes halogenated alkanes) is 1. The van der Waals surface area contributed by atoms with Crippen molar-refractivity contribution in [2.75, 3.05) is 45.5 Å². The topological polar surface area (TPSA) is 114 Å². The number of aryl methyl sites for hydroxylation is 2. The minimum Gasteiger partial charge on any atom is -0.497 e. The van der Waals surface area contributed by atoms with Gasteiger partial charge in [0.2, 0.25) is 18.1 Å². The molecule has 0 bridgehead atoms. The summed E-state index contributed by atoms with van der Waals surface area (Å²) in [4.78, 5) is 37.2. The first-order valence-corrected chi connectivity index (χ1v) is 17.3. The lowest BCUT2D eigenvalue weighted by Gasteiger charge is -2.27. The SMILES string of the molecule is CCCCN(C)c1cccc(CC)c1.CCn1ccccc1=O.CO/C(C)=C1\OCO\C1=C\C(C)C1CN(CC=O)[C@@H](C)N1SC(=O)O. The first-order chi connectivity index (χ1) is 23.0. The van der Waals surface area contributed by atoms with E-state index in [-0.39, 0.29) is 37.0 Å². The summed E-state index contributed by atoms with van der Waals surface area (Å²) < 4.78 is 19.6. The van der Waals surface area contributed by atoms with Crippen LogP contribution in [0, 0.1) is 5.92 Å². The number of hydrogen-bond donors (Lipinski definition) is 1. The number of carbonyl (C=O) groups excluding carboxylic acids is 1. The largest absolute Gasteiger partial charge is 0.497 e. The number of nitrogens with zero attached hydrogens (tertiary/aromatic N) is 4. The molecule has 4 rings (SSSR count). The van der Waals surface area contributed by atoms with Crippen LogP contribution in [-0.2, 0) is 32.0 Å². The normalized spacial score (nSPS) is 20.0. The third kappa shape index (κ3) is 12.4. The number of ether oxygens (including phenoxy) is 3. The number of carbonyl (C=O) groups is 2. The van der Waals surface area contributed by atoms with Crippen molar-refractivity contribution >= 4 is 29.2 Å². The van der Waals surface area contributed by atoms with Crippen molar-refractivity contribution in [3.05, 3.63) is 87.9 Å². The van der Waals surface area contributed by atoms with Crippen LogP contribution in [-0.4, -0.2) is 83.3 Å². The van der Waals surface area contributed by atoms with Gasteiger partial charge in [0.1, 0.15) is 12.0 Å². The third-order valence-corrected chi connectivity index (χ3v) is 9.22. The fraction of sp³-hybridized carbons (Fsp3) is 0.528. The van der Waals surface area contributed by atoms with Crippen molar-refractivity contribution in [1.29, 1.82) is 0 Å². The van der Waals surface area contributed by atoms with Crippen molar-refractivity contribution in [1.82, 2.24) is 13.8 Å². The minimum absolute atomic E-state index is 0.0256. The predicted molar refractivity (Wildman–Crippen MR) is 193 cm³/mol. The van der Waals surface area contributed by atoms with Gasteiger partial charge in [0.15, 0.2) is 5.76 Å². The van der Waals surface area contributed by atoms with Crippen molar-refractivity contribution in [3.63, 3.8) is 0 Å². The fourth-order valence-electron chi connectivity index (χ4n) is 5.26. The van der Waals surface area contributed by atoms with Gasteiger partial charge in [0.05, 0.1) is 19.8 Å². The molecule has 1 aromatic heterocycles. The molecule has 0 radical (unpaired) electrons. The second kappa shape index (κ2) is 21.3. The Kier molecular flexibility index (Phi) is 17.9. The van der Waals surface area contributed by atoms with Crippen LogP contribution in [0.3, 0.4) is 0 Å². The van der Waals surface area contributed by atoms with Gasteiger partial charge >= 0.3 is 5.30 Å². The lowest BCUT2D eigenvalue weighted by molar-refractivity contribution is -0.109. The zero-order valence-corrected chi connectivity index (χ0v) is 30.6. The van der Waals surface area contributed by atoms with Gasteiger partial charge in [-0.2, -0.15) is 0 Å². The van der Waals surface area contributed by atoms with Crippen molar-refractivity contribution in [2.24, 2.45) is 5.92 Å². The highest BCUT2D eigenvalue weighted by molar-refractivity contribution is 8.11. The molecule has 12 heteroatoms. The lowest BCUT2D eigenvalue weighted by atomic mass is 10.0. The molecular formula is C36H54N4O7S. The van der Waals surface area contributed by atoms with Gasteiger partial charge in [-0.05, 0) is 69.4 Å². The first-order valence-electron chi connectivity index (χ1n) is 16.6. The van der Waals surface area contributed by atoms with E-state index in [0.29, 0.717) is 23.8 Å². The van der Waals surface area contributed by atoms with Gasteiger partial charge in [-0.25, -0.2) is 9.10 Å². The molecule has 0 spiro atoms. The Balaban J connectivity index is 0.000000290. The highest BCUT2D eigenvalue weighted by Crippen LogP contribution is 2.34. The molecule has 0 aliphatic carbocycles. The molecule has 0 amide bonds.